The second kappa shape index (κ2) is 8.67. The molecule has 0 aromatic carbocycles. The second-order valence-corrected chi connectivity index (χ2v) is 7.37. The lowest BCUT2D eigenvalue weighted by Gasteiger charge is -2.32. The van der Waals surface area contributed by atoms with E-state index in [1.165, 1.54) is 19.9 Å². The van der Waals surface area contributed by atoms with Crippen LogP contribution in [0.2, 0.25) is 0 Å². The third-order valence-corrected chi connectivity index (χ3v) is 5.42. The number of nitrogens with zero attached hydrogens (tertiary/aromatic N) is 2. The van der Waals surface area contributed by atoms with Gasteiger partial charge >= 0.3 is 5.97 Å². The quantitative estimate of drug-likeness (QED) is 0.645. The molecule has 124 valence electrons. The molecule has 2 N–H and O–H groups in total. The molecule has 1 fully saturated rings. The third-order valence-electron chi connectivity index (χ3n) is 3.78. The molecule has 8 heteroatoms. The molecule has 0 radical (unpaired) electrons. The van der Waals surface area contributed by atoms with E-state index in [4.69, 9.17) is 5.11 Å². The maximum Gasteiger partial charge on any atom is 0.304 e. The van der Waals surface area contributed by atoms with Crippen LogP contribution in [0.15, 0.2) is 0 Å². The van der Waals surface area contributed by atoms with Gasteiger partial charge in [0.1, 0.15) is 0 Å². The Morgan fingerprint density at radius 3 is 2.52 bits per heavy atom. The fourth-order valence-corrected chi connectivity index (χ4v) is 3.50. The average molecular weight is 321 g/mol. The van der Waals surface area contributed by atoms with Crippen LogP contribution in [-0.2, 0) is 15.0 Å². The molecule has 0 bridgehead atoms. The molecule has 1 rings (SSSR count). The topological polar surface area (TPSA) is 90.0 Å². The highest BCUT2D eigenvalue weighted by Crippen LogP contribution is 2.12. The number of rotatable bonds is 9. The number of unbranched alkanes of at least 4 members (excludes halogenated alkanes) is 1. The normalized spacial score (nSPS) is 18.2. The van der Waals surface area contributed by atoms with Crippen molar-refractivity contribution in [1.82, 2.24) is 13.9 Å². The molecular weight excluding hydrogens is 294 g/mol. The van der Waals surface area contributed by atoms with Crippen LogP contribution in [0.5, 0.6) is 0 Å². The monoisotopic (exact) mass is 321 g/mol. The summed E-state index contributed by atoms with van der Waals surface area (Å²) in [5.74, 6) is -0.999. The van der Waals surface area contributed by atoms with Crippen LogP contribution in [0, 0.1) is 0 Å². The predicted octanol–water partition coefficient (Wildman–Crippen LogP) is 0.492. The van der Waals surface area contributed by atoms with Gasteiger partial charge in [0, 0.05) is 19.6 Å². The fourth-order valence-electron chi connectivity index (χ4n) is 2.33. The number of hydrogen-bond donors (Lipinski definition) is 2. The first-order chi connectivity index (χ1) is 9.85. The van der Waals surface area contributed by atoms with Crippen LogP contribution >= 0.6 is 0 Å². The van der Waals surface area contributed by atoms with Gasteiger partial charge in [-0.25, -0.2) is 0 Å². The molecule has 1 aliphatic heterocycles. The van der Waals surface area contributed by atoms with Crippen molar-refractivity contribution in [3.05, 3.63) is 0 Å². The number of carboxylic acid groups (broad SMARTS) is 1. The summed E-state index contributed by atoms with van der Waals surface area (Å²) < 4.78 is 27.9. The van der Waals surface area contributed by atoms with Crippen molar-refractivity contribution in [1.29, 1.82) is 0 Å². The number of likely N-dealkylation sites (tertiary alicyclic amines) is 1. The molecule has 0 spiro atoms. The van der Waals surface area contributed by atoms with Crippen LogP contribution in [0.4, 0.5) is 0 Å². The van der Waals surface area contributed by atoms with Crippen molar-refractivity contribution < 1.29 is 18.3 Å². The Kier molecular flexibility index (Phi) is 7.58. The van der Waals surface area contributed by atoms with E-state index in [0.717, 1.165) is 36.8 Å². The number of carboxylic acids is 1. The minimum absolute atomic E-state index is 0.0139. The molecule has 0 amide bonds. The molecule has 0 atom stereocenters. The summed E-state index contributed by atoms with van der Waals surface area (Å²) >= 11 is 0. The molecule has 0 unspecified atom stereocenters. The van der Waals surface area contributed by atoms with Gasteiger partial charge in [0.25, 0.3) is 10.2 Å². The van der Waals surface area contributed by atoms with Gasteiger partial charge in [0.15, 0.2) is 0 Å². The first-order valence-corrected chi connectivity index (χ1v) is 8.97. The van der Waals surface area contributed by atoms with Crippen molar-refractivity contribution in [2.75, 3.05) is 33.2 Å². The van der Waals surface area contributed by atoms with E-state index < -0.39 is 16.2 Å². The molecule has 1 heterocycles. The van der Waals surface area contributed by atoms with Crippen LogP contribution < -0.4 is 4.72 Å². The van der Waals surface area contributed by atoms with Crippen LogP contribution in [-0.4, -0.2) is 68.0 Å². The Bertz CT molecular complexity index is 419. The smallest absolute Gasteiger partial charge is 0.304 e. The van der Waals surface area contributed by atoms with E-state index in [1.807, 2.05) is 0 Å². The Hall–Kier alpha value is -0.700. The first-order valence-electron chi connectivity index (χ1n) is 7.53. The van der Waals surface area contributed by atoms with E-state index in [1.54, 1.807) is 0 Å². The maximum atomic E-state index is 12.1. The van der Waals surface area contributed by atoms with Gasteiger partial charge in [0.2, 0.25) is 0 Å². The zero-order valence-corrected chi connectivity index (χ0v) is 13.7. The lowest BCUT2D eigenvalue weighted by Crippen LogP contribution is -2.49. The minimum atomic E-state index is -3.59. The molecule has 0 aliphatic carbocycles. The fraction of sp³-hybridized carbons (Fsp3) is 0.923. The largest absolute Gasteiger partial charge is 0.481 e. The Labute approximate surface area is 127 Å². The van der Waals surface area contributed by atoms with Crippen LogP contribution in [0.1, 0.15) is 39.0 Å². The summed E-state index contributed by atoms with van der Waals surface area (Å²) in [7, 11) is -2.18. The Morgan fingerprint density at radius 2 is 2.00 bits per heavy atom. The van der Waals surface area contributed by atoms with Gasteiger partial charge in [-0.3, -0.25) is 4.79 Å². The molecule has 21 heavy (non-hydrogen) atoms. The van der Waals surface area contributed by atoms with Crippen molar-refractivity contribution in [3.8, 4) is 0 Å². The Morgan fingerprint density at radius 1 is 1.38 bits per heavy atom. The summed E-state index contributed by atoms with van der Waals surface area (Å²) in [5.41, 5.74) is 0. The zero-order valence-electron chi connectivity index (χ0n) is 12.9. The average Bonchev–Trinajstić information content (AvgIpc) is 2.43. The number of hydrogen-bond acceptors (Lipinski definition) is 4. The van der Waals surface area contributed by atoms with Gasteiger partial charge in [-0.05, 0) is 38.9 Å². The molecule has 1 saturated heterocycles. The van der Waals surface area contributed by atoms with Gasteiger partial charge in [-0.1, -0.05) is 13.3 Å². The van der Waals surface area contributed by atoms with E-state index >= 15 is 0 Å². The van der Waals surface area contributed by atoms with Crippen molar-refractivity contribution >= 4 is 16.2 Å². The summed E-state index contributed by atoms with van der Waals surface area (Å²) in [5, 5.41) is 8.60. The van der Waals surface area contributed by atoms with E-state index in [2.05, 4.69) is 16.5 Å². The summed E-state index contributed by atoms with van der Waals surface area (Å²) in [4.78, 5) is 12.9. The third kappa shape index (κ3) is 6.73. The van der Waals surface area contributed by atoms with E-state index in [9.17, 15) is 13.2 Å². The number of piperidine rings is 1. The summed E-state index contributed by atoms with van der Waals surface area (Å²) in [6, 6.07) is -0.0554. The highest BCUT2D eigenvalue weighted by Gasteiger charge is 2.25. The number of carbonyl (C=O) groups is 1. The summed E-state index contributed by atoms with van der Waals surface area (Å²) in [6.45, 7) is 5.04. The Balaban J connectivity index is 2.37. The second-order valence-electron chi connectivity index (χ2n) is 5.56. The molecule has 1 aliphatic rings. The minimum Gasteiger partial charge on any atom is -0.481 e. The van der Waals surface area contributed by atoms with Gasteiger partial charge < -0.3 is 10.0 Å². The molecule has 0 saturated carbocycles. The number of aliphatic carboxylic acids is 1. The van der Waals surface area contributed by atoms with Crippen molar-refractivity contribution in [3.63, 3.8) is 0 Å². The SMILES string of the molecule is CCCCN1CCC(NS(=O)(=O)N(C)CCC(=O)O)CC1. The highest BCUT2D eigenvalue weighted by atomic mass is 32.2. The van der Waals surface area contributed by atoms with Gasteiger partial charge in [-0.15, -0.1) is 0 Å². The van der Waals surface area contributed by atoms with E-state index in [0.29, 0.717) is 0 Å². The van der Waals surface area contributed by atoms with Gasteiger partial charge in [0.05, 0.1) is 6.42 Å². The predicted molar refractivity (Wildman–Crippen MR) is 81.3 cm³/mol. The molecular formula is C13H27N3O4S. The highest BCUT2D eigenvalue weighted by molar-refractivity contribution is 7.87. The maximum absolute atomic E-state index is 12.1. The molecule has 0 aromatic heterocycles. The summed E-state index contributed by atoms with van der Waals surface area (Å²) in [6.07, 6.45) is 3.76. The van der Waals surface area contributed by atoms with Crippen molar-refractivity contribution in [2.24, 2.45) is 0 Å². The first kappa shape index (κ1) is 18.3. The molecule has 0 aromatic rings. The molecule has 7 nitrogen and oxygen atoms in total. The zero-order chi connectivity index (χ0) is 15.9. The lowest BCUT2D eigenvalue weighted by atomic mass is 10.1. The lowest BCUT2D eigenvalue weighted by molar-refractivity contribution is -0.137. The van der Waals surface area contributed by atoms with Crippen LogP contribution in [0.25, 0.3) is 0 Å². The van der Waals surface area contributed by atoms with Crippen molar-refractivity contribution in [2.45, 2.75) is 45.1 Å². The van der Waals surface area contributed by atoms with E-state index in [-0.39, 0.29) is 19.0 Å². The standard InChI is InChI=1S/C13H27N3O4S/c1-3-4-8-16-10-5-12(6-11-16)14-21(19,20)15(2)9-7-13(17)18/h12,14H,3-11H2,1-2H3,(H,17,18). The van der Waals surface area contributed by atoms with Crippen LogP contribution in [0.3, 0.4) is 0 Å². The van der Waals surface area contributed by atoms with Gasteiger partial charge in [-0.2, -0.15) is 17.4 Å². The number of nitrogens with one attached hydrogen (secondary N) is 1.